The minimum atomic E-state index is 0.0526. The van der Waals surface area contributed by atoms with Crippen molar-refractivity contribution in [3.63, 3.8) is 0 Å². The van der Waals surface area contributed by atoms with E-state index in [1.54, 1.807) is 11.3 Å². The molecule has 1 aliphatic rings. The second-order valence-corrected chi connectivity index (χ2v) is 4.62. The SMILES string of the molecule is NCC(OCC1CCOC1)c1ccsc1. The highest BCUT2D eigenvalue weighted by atomic mass is 32.1. The molecule has 2 N–H and O–H groups in total. The van der Waals surface area contributed by atoms with Crippen LogP contribution in [0.5, 0.6) is 0 Å². The molecule has 0 spiro atoms. The van der Waals surface area contributed by atoms with E-state index in [0.717, 1.165) is 26.2 Å². The van der Waals surface area contributed by atoms with Crippen LogP contribution in [0, 0.1) is 5.92 Å². The molecule has 0 aromatic carbocycles. The van der Waals surface area contributed by atoms with Crippen LogP contribution in [0.25, 0.3) is 0 Å². The first-order valence-electron chi connectivity index (χ1n) is 5.31. The zero-order chi connectivity index (χ0) is 10.5. The second kappa shape index (κ2) is 5.61. The molecule has 0 aliphatic carbocycles. The Balaban J connectivity index is 1.80. The first-order valence-corrected chi connectivity index (χ1v) is 6.26. The van der Waals surface area contributed by atoms with Crippen molar-refractivity contribution in [1.82, 2.24) is 0 Å². The summed E-state index contributed by atoms with van der Waals surface area (Å²) in [6.45, 7) is 3.02. The Morgan fingerprint density at radius 2 is 2.60 bits per heavy atom. The Morgan fingerprint density at radius 1 is 1.67 bits per heavy atom. The first-order chi connectivity index (χ1) is 7.40. The van der Waals surface area contributed by atoms with E-state index < -0.39 is 0 Å². The Labute approximate surface area is 94.2 Å². The van der Waals surface area contributed by atoms with Gasteiger partial charge < -0.3 is 15.2 Å². The van der Waals surface area contributed by atoms with Gasteiger partial charge in [0.1, 0.15) is 0 Å². The quantitative estimate of drug-likeness (QED) is 0.834. The molecule has 1 aliphatic heterocycles. The highest BCUT2D eigenvalue weighted by Crippen LogP contribution is 2.21. The summed E-state index contributed by atoms with van der Waals surface area (Å²) in [6, 6.07) is 2.08. The fourth-order valence-electron chi connectivity index (χ4n) is 1.73. The van der Waals surface area contributed by atoms with Crippen LogP contribution in [0.4, 0.5) is 0 Å². The summed E-state index contributed by atoms with van der Waals surface area (Å²) >= 11 is 1.68. The van der Waals surface area contributed by atoms with Gasteiger partial charge in [-0.2, -0.15) is 11.3 Å². The molecule has 0 radical (unpaired) electrons. The molecule has 1 aromatic heterocycles. The highest BCUT2D eigenvalue weighted by molar-refractivity contribution is 7.07. The van der Waals surface area contributed by atoms with E-state index in [2.05, 4.69) is 16.8 Å². The van der Waals surface area contributed by atoms with Crippen LogP contribution >= 0.6 is 11.3 Å². The van der Waals surface area contributed by atoms with Gasteiger partial charge in [0, 0.05) is 19.1 Å². The Hall–Kier alpha value is -0.420. The van der Waals surface area contributed by atoms with E-state index in [1.807, 2.05) is 0 Å². The van der Waals surface area contributed by atoms with Gasteiger partial charge in [-0.15, -0.1) is 0 Å². The average molecular weight is 227 g/mol. The fourth-order valence-corrected chi connectivity index (χ4v) is 2.43. The molecular weight excluding hydrogens is 210 g/mol. The summed E-state index contributed by atoms with van der Waals surface area (Å²) in [7, 11) is 0. The molecule has 2 rings (SSSR count). The lowest BCUT2D eigenvalue weighted by Gasteiger charge is -2.17. The number of thiophene rings is 1. The minimum absolute atomic E-state index is 0.0526. The van der Waals surface area contributed by atoms with Crippen molar-refractivity contribution in [2.24, 2.45) is 11.7 Å². The molecule has 2 unspecified atom stereocenters. The second-order valence-electron chi connectivity index (χ2n) is 3.84. The van der Waals surface area contributed by atoms with Crippen molar-refractivity contribution < 1.29 is 9.47 Å². The Kier molecular flexibility index (Phi) is 4.14. The molecule has 3 nitrogen and oxygen atoms in total. The fraction of sp³-hybridized carbons (Fsp3) is 0.636. The topological polar surface area (TPSA) is 44.5 Å². The third-order valence-corrected chi connectivity index (χ3v) is 3.39. The molecule has 0 bridgehead atoms. The summed E-state index contributed by atoms with van der Waals surface area (Å²) in [5.74, 6) is 0.553. The van der Waals surface area contributed by atoms with Gasteiger partial charge in [-0.3, -0.25) is 0 Å². The smallest absolute Gasteiger partial charge is 0.0955 e. The van der Waals surface area contributed by atoms with Gasteiger partial charge in [0.25, 0.3) is 0 Å². The predicted octanol–water partition coefficient (Wildman–Crippen LogP) is 1.80. The summed E-state index contributed by atoms with van der Waals surface area (Å²) < 4.78 is 11.1. The molecular formula is C11H17NO2S. The average Bonchev–Trinajstić information content (AvgIpc) is 2.90. The van der Waals surface area contributed by atoms with Crippen molar-refractivity contribution in [3.05, 3.63) is 22.4 Å². The standard InChI is InChI=1S/C11H17NO2S/c12-5-11(10-2-4-15-8-10)14-7-9-1-3-13-6-9/h2,4,8-9,11H,1,3,5-7,12H2. The molecule has 1 fully saturated rings. The molecule has 15 heavy (non-hydrogen) atoms. The lowest BCUT2D eigenvalue weighted by Crippen LogP contribution is -2.19. The lowest BCUT2D eigenvalue weighted by molar-refractivity contribution is 0.0304. The van der Waals surface area contributed by atoms with Gasteiger partial charge in [-0.05, 0) is 28.8 Å². The molecule has 84 valence electrons. The monoisotopic (exact) mass is 227 g/mol. The lowest BCUT2D eigenvalue weighted by atomic mass is 10.1. The van der Waals surface area contributed by atoms with Crippen LogP contribution in [0.2, 0.25) is 0 Å². The predicted molar refractivity (Wildman–Crippen MR) is 61.0 cm³/mol. The van der Waals surface area contributed by atoms with E-state index in [-0.39, 0.29) is 6.10 Å². The Morgan fingerprint density at radius 3 is 3.20 bits per heavy atom. The van der Waals surface area contributed by atoms with Gasteiger partial charge >= 0.3 is 0 Å². The van der Waals surface area contributed by atoms with Crippen LogP contribution in [0.15, 0.2) is 16.8 Å². The Bertz CT molecular complexity index is 270. The minimum Gasteiger partial charge on any atom is -0.381 e. The van der Waals surface area contributed by atoms with Crippen LogP contribution in [-0.4, -0.2) is 26.4 Å². The number of nitrogens with two attached hydrogens (primary N) is 1. The van der Waals surface area contributed by atoms with Crippen LogP contribution in [0.3, 0.4) is 0 Å². The van der Waals surface area contributed by atoms with E-state index in [4.69, 9.17) is 15.2 Å². The number of ether oxygens (including phenoxy) is 2. The summed E-state index contributed by atoms with van der Waals surface area (Å²) in [6.07, 6.45) is 1.16. The summed E-state index contributed by atoms with van der Waals surface area (Å²) in [5.41, 5.74) is 6.89. The zero-order valence-corrected chi connectivity index (χ0v) is 9.54. The largest absolute Gasteiger partial charge is 0.381 e. The maximum absolute atomic E-state index is 5.82. The summed E-state index contributed by atoms with van der Waals surface area (Å²) in [5, 5.41) is 4.16. The van der Waals surface area contributed by atoms with Gasteiger partial charge in [-0.1, -0.05) is 0 Å². The maximum atomic E-state index is 5.82. The molecule has 1 saturated heterocycles. The molecule has 0 amide bonds. The number of rotatable bonds is 5. The number of hydrogen-bond donors (Lipinski definition) is 1. The normalized spacial score (nSPS) is 23.1. The molecule has 2 atom stereocenters. The zero-order valence-electron chi connectivity index (χ0n) is 8.72. The van der Waals surface area contributed by atoms with E-state index >= 15 is 0 Å². The molecule has 1 aromatic rings. The molecule has 4 heteroatoms. The molecule has 2 heterocycles. The highest BCUT2D eigenvalue weighted by Gasteiger charge is 2.18. The van der Waals surface area contributed by atoms with E-state index in [9.17, 15) is 0 Å². The van der Waals surface area contributed by atoms with Gasteiger partial charge in [0.2, 0.25) is 0 Å². The first kappa shape index (κ1) is 11.1. The van der Waals surface area contributed by atoms with Crippen molar-refractivity contribution >= 4 is 11.3 Å². The van der Waals surface area contributed by atoms with E-state index in [1.165, 1.54) is 5.56 Å². The maximum Gasteiger partial charge on any atom is 0.0955 e. The van der Waals surface area contributed by atoms with Crippen molar-refractivity contribution in [1.29, 1.82) is 0 Å². The third kappa shape index (κ3) is 3.01. The van der Waals surface area contributed by atoms with Crippen molar-refractivity contribution in [2.75, 3.05) is 26.4 Å². The van der Waals surface area contributed by atoms with E-state index in [0.29, 0.717) is 12.5 Å². The van der Waals surface area contributed by atoms with Crippen LogP contribution in [-0.2, 0) is 9.47 Å². The van der Waals surface area contributed by atoms with Crippen molar-refractivity contribution in [3.8, 4) is 0 Å². The van der Waals surface area contributed by atoms with Crippen LogP contribution < -0.4 is 5.73 Å². The van der Waals surface area contributed by atoms with Gasteiger partial charge in [0.05, 0.1) is 19.3 Å². The van der Waals surface area contributed by atoms with Gasteiger partial charge in [-0.25, -0.2) is 0 Å². The third-order valence-electron chi connectivity index (χ3n) is 2.69. The van der Waals surface area contributed by atoms with Crippen molar-refractivity contribution in [2.45, 2.75) is 12.5 Å². The van der Waals surface area contributed by atoms with Gasteiger partial charge in [0.15, 0.2) is 0 Å². The van der Waals surface area contributed by atoms with Crippen LogP contribution in [0.1, 0.15) is 18.1 Å². The molecule has 0 saturated carbocycles. The summed E-state index contributed by atoms with van der Waals surface area (Å²) in [4.78, 5) is 0. The number of hydrogen-bond acceptors (Lipinski definition) is 4.